The van der Waals surface area contributed by atoms with Gasteiger partial charge in [-0.3, -0.25) is 19.7 Å². The first-order chi connectivity index (χ1) is 11.7. The first kappa shape index (κ1) is 16.5. The molecule has 0 saturated carbocycles. The van der Waals surface area contributed by atoms with E-state index in [1.165, 1.54) is 12.4 Å². The number of carbonyl (C=O) groups excluding carboxylic acids is 1. The lowest BCUT2D eigenvalue weighted by Crippen LogP contribution is -2.41. The van der Waals surface area contributed by atoms with E-state index in [0.29, 0.717) is 30.8 Å². The number of aromatic nitrogens is 2. The van der Waals surface area contributed by atoms with Gasteiger partial charge in [-0.1, -0.05) is 0 Å². The highest BCUT2D eigenvalue weighted by Crippen LogP contribution is 2.20. The molecule has 3 heterocycles. The number of likely N-dealkylation sites (tertiary alicyclic amines) is 1. The van der Waals surface area contributed by atoms with E-state index in [1.54, 1.807) is 30.6 Å². The largest absolute Gasteiger partial charge is 0.396 e. The smallest absolute Gasteiger partial charge is 0.253 e. The van der Waals surface area contributed by atoms with Gasteiger partial charge in [0.05, 0.1) is 11.8 Å². The maximum absolute atomic E-state index is 13.7. The summed E-state index contributed by atoms with van der Waals surface area (Å²) in [5, 5.41) is 12.5. The Labute approximate surface area is 139 Å². The third-order valence-electron chi connectivity index (χ3n) is 4.24. The number of aliphatic hydroxyl groups is 1. The van der Waals surface area contributed by atoms with Crippen LogP contribution in [0.4, 0.5) is 4.39 Å². The SMILES string of the molecule is O=C(N[C@@H]1CN(Cc2ccncc2F)C[C@H]1CO)c1cccnc1. The van der Waals surface area contributed by atoms with Crippen LogP contribution < -0.4 is 5.32 Å². The van der Waals surface area contributed by atoms with Crippen molar-refractivity contribution in [2.75, 3.05) is 19.7 Å². The van der Waals surface area contributed by atoms with Crippen LogP contribution in [0.3, 0.4) is 0 Å². The normalized spacial score (nSPS) is 20.9. The Kier molecular flexibility index (Phi) is 5.12. The molecule has 2 aromatic heterocycles. The predicted octanol–water partition coefficient (Wildman–Crippen LogP) is 0.838. The highest BCUT2D eigenvalue weighted by Gasteiger charge is 2.33. The van der Waals surface area contributed by atoms with E-state index in [2.05, 4.69) is 15.3 Å². The molecule has 0 aromatic carbocycles. The van der Waals surface area contributed by atoms with Gasteiger partial charge in [-0.05, 0) is 18.2 Å². The van der Waals surface area contributed by atoms with Crippen LogP contribution in [0.2, 0.25) is 0 Å². The minimum absolute atomic E-state index is 0.0344. The maximum atomic E-state index is 13.7. The number of halogens is 1. The van der Waals surface area contributed by atoms with Gasteiger partial charge in [-0.2, -0.15) is 0 Å². The van der Waals surface area contributed by atoms with Crippen molar-refractivity contribution >= 4 is 5.91 Å². The third kappa shape index (κ3) is 3.74. The zero-order valence-corrected chi connectivity index (χ0v) is 13.1. The van der Waals surface area contributed by atoms with Gasteiger partial charge in [-0.25, -0.2) is 4.39 Å². The average Bonchev–Trinajstić information content (AvgIpc) is 2.99. The van der Waals surface area contributed by atoms with Crippen molar-refractivity contribution in [3.63, 3.8) is 0 Å². The first-order valence-corrected chi connectivity index (χ1v) is 7.80. The number of rotatable bonds is 5. The number of hydrogen-bond donors (Lipinski definition) is 2. The van der Waals surface area contributed by atoms with Crippen molar-refractivity contribution in [1.82, 2.24) is 20.2 Å². The molecule has 7 heteroatoms. The van der Waals surface area contributed by atoms with Crippen LogP contribution in [0.25, 0.3) is 0 Å². The molecule has 0 bridgehead atoms. The lowest BCUT2D eigenvalue weighted by Gasteiger charge is -2.18. The van der Waals surface area contributed by atoms with Gasteiger partial charge < -0.3 is 10.4 Å². The van der Waals surface area contributed by atoms with E-state index in [1.807, 2.05) is 4.90 Å². The Morgan fingerprint density at radius 1 is 1.29 bits per heavy atom. The monoisotopic (exact) mass is 330 g/mol. The zero-order valence-electron chi connectivity index (χ0n) is 13.1. The van der Waals surface area contributed by atoms with Gasteiger partial charge in [0.1, 0.15) is 5.82 Å². The Balaban J connectivity index is 1.64. The van der Waals surface area contributed by atoms with E-state index >= 15 is 0 Å². The summed E-state index contributed by atoms with van der Waals surface area (Å²) in [6, 6.07) is 4.85. The molecule has 1 aliphatic heterocycles. The highest BCUT2D eigenvalue weighted by molar-refractivity contribution is 5.94. The standard InChI is InChI=1S/C17H19FN4O2/c18-15-7-20-5-3-13(15)8-22-9-14(11-23)16(10-22)21-17(24)12-2-1-4-19-6-12/h1-7,14,16,23H,8-11H2,(H,21,24)/t14-,16+/m0/s1. The summed E-state index contributed by atoms with van der Waals surface area (Å²) in [4.78, 5) is 22.0. The fraction of sp³-hybridized carbons (Fsp3) is 0.353. The summed E-state index contributed by atoms with van der Waals surface area (Å²) in [7, 11) is 0. The average molecular weight is 330 g/mol. The molecule has 3 rings (SSSR count). The summed E-state index contributed by atoms with van der Waals surface area (Å²) in [5.41, 5.74) is 1.04. The number of pyridine rings is 2. The molecule has 1 fully saturated rings. The molecule has 1 saturated heterocycles. The molecule has 1 amide bonds. The van der Waals surface area contributed by atoms with E-state index < -0.39 is 0 Å². The maximum Gasteiger partial charge on any atom is 0.253 e. The minimum atomic E-state index is -0.346. The van der Waals surface area contributed by atoms with Gasteiger partial charge in [0.25, 0.3) is 5.91 Å². The van der Waals surface area contributed by atoms with Gasteiger partial charge in [0.15, 0.2) is 0 Å². The molecule has 0 radical (unpaired) electrons. The van der Waals surface area contributed by atoms with Crippen LogP contribution in [0, 0.1) is 11.7 Å². The number of aliphatic hydroxyl groups excluding tert-OH is 1. The fourth-order valence-corrected chi connectivity index (χ4v) is 2.96. The summed E-state index contributed by atoms with van der Waals surface area (Å²) >= 11 is 0. The number of nitrogens with one attached hydrogen (secondary N) is 1. The molecule has 0 spiro atoms. The Morgan fingerprint density at radius 3 is 2.83 bits per heavy atom. The molecular weight excluding hydrogens is 311 g/mol. The Morgan fingerprint density at radius 2 is 2.12 bits per heavy atom. The zero-order chi connectivity index (χ0) is 16.9. The van der Waals surface area contributed by atoms with Crippen LogP contribution >= 0.6 is 0 Å². The fourth-order valence-electron chi connectivity index (χ4n) is 2.96. The van der Waals surface area contributed by atoms with E-state index in [9.17, 15) is 14.3 Å². The number of nitrogens with zero attached hydrogens (tertiary/aromatic N) is 3. The second-order valence-corrected chi connectivity index (χ2v) is 5.93. The van der Waals surface area contributed by atoms with Gasteiger partial charge in [0, 0.05) is 62.4 Å². The molecule has 126 valence electrons. The minimum Gasteiger partial charge on any atom is -0.396 e. The highest BCUT2D eigenvalue weighted by atomic mass is 19.1. The number of carbonyl (C=O) groups is 1. The van der Waals surface area contributed by atoms with Gasteiger partial charge in [-0.15, -0.1) is 0 Å². The van der Waals surface area contributed by atoms with Gasteiger partial charge in [0.2, 0.25) is 0 Å². The van der Waals surface area contributed by atoms with Crippen LogP contribution in [0.15, 0.2) is 43.0 Å². The third-order valence-corrected chi connectivity index (χ3v) is 4.24. The summed E-state index contributed by atoms with van der Waals surface area (Å²) < 4.78 is 13.7. The molecule has 24 heavy (non-hydrogen) atoms. The molecule has 0 unspecified atom stereocenters. The quantitative estimate of drug-likeness (QED) is 0.849. The lowest BCUT2D eigenvalue weighted by atomic mass is 10.0. The lowest BCUT2D eigenvalue weighted by molar-refractivity contribution is 0.0920. The van der Waals surface area contributed by atoms with E-state index in [0.717, 1.165) is 0 Å². The summed E-state index contributed by atoms with van der Waals surface area (Å²) in [6.45, 7) is 1.53. The molecule has 2 aromatic rings. The van der Waals surface area contributed by atoms with Crippen LogP contribution in [0.1, 0.15) is 15.9 Å². The molecule has 2 N–H and O–H groups in total. The predicted molar refractivity (Wildman–Crippen MR) is 85.5 cm³/mol. The topological polar surface area (TPSA) is 78.4 Å². The Bertz CT molecular complexity index is 698. The first-order valence-electron chi connectivity index (χ1n) is 7.80. The summed E-state index contributed by atoms with van der Waals surface area (Å²) in [5.74, 6) is -0.653. The number of amides is 1. The second-order valence-electron chi connectivity index (χ2n) is 5.93. The van der Waals surface area contributed by atoms with Crippen molar-refractivity contribution in [3.05, 3.63) is 59.9 Å². The van der Waals surface area contributed by atoms with Crippen LogP contribution in [-0.4, -0.2) is 51.6 Å². The van der Waals surface area contributed by atoms with E-state index in [4.69, 9.17) is 0 Å². The van der Waals surface area contributed by atoms with Crippen LogP contribution in [-0.2, 0) is 6.54 Å². The van der Waals surface area contributed by atoms with Crippen molar-refractivity contribution in [2.45, 2.75) is 12.6 Å². The molecule has 6 nitrogen and oxygen atoms in total. The van der Waals surface area contributed by atoms with Crippen molar-refractivity contribution < 1.29 is 14.3 Å². The number of hydrogen-bond acceptors (Lipinski definition) is 5. The van der Waals surface area contributed by atoms with Crippen molar-refractivity contribution in [3.8, 4) is 0 Å². The van der Waals surface area contributed by atoms with Crippen LogP contribution in [0.5, 0.6) is 0 Å². The second kappa shape index (κ2) is 7.46. The summed E-state index contributed by atoms with van der Waals surface area (Å²) in [6.07, 6.45) is 5.85. The molecule has 0 aliphatic carbocycles. The van der Waals surface area contributed by atoms with Gasteiger partial charge >= 0.3 is 0 Å². The molecular formula is C17H19FN4O2. The molecule has 2 atom stereocenters. The van der Waals surface area contributed by atoms with Crippen molar-refractivity contribution in [2.24, 2.45) is 5.92 Å². The van der Waals surface area contributed by atoms with E-state index in [-0.39, 0.29) is 30.3 Å². The van der Waals surface area contributed by atoms with Crippen molar-refractivity contribution in [1.29, 1.82) is 0 Å². The molecule has 1 aliphatic rings. The Hall–Kier alpha value is -2.38.